The number of aromatic nitrogens is 1. The molecule has 1 aliphatic rings. The number of rotatable bonds is 3. The summed E-state index contributed by atoms with van der Waals surface area (Å²) >= 11 is 1.52. The maximum atomic E-state index is 13.2. The quantitative estimate of drug-likeness (QED) is 0.766. The lowest BCUT2D eigenvalue weighted by Crippen LogP contribution is -2.10. The number of alkyl halides is 2. The van der Waals surface area contributed by atoms with Gasteiger partial charge in [0.1, 0.15) is 5.03 Å². The highest BCUT2D eigenvalue weighted by atomic mass is 32.2. The summed E-state index contributed by atoms with van der Waals surface area (Å²) in [5.41, 5.74) is 2.92. The van der Waals surface area contributed by atoms with Crippen molar-refractivity contribution in [2.75, 3.05) is 0 Å². The number of pyridine rings is 1. The van der Waals surface area contributed by atoms with Crippen LogP contribution in [-0.2, 0) is 12.5 Å². The molecule has 0 saturated heterocycles. The van der Waals surface area contributed by atoms with Gasteiger partial charge in [0.15, 0.2) is 0 Å². The van der Waals surface area contributed by atoms with Crippen molar-refractivity contribution in [3.05, 3.63) is 65.9 Å². The summed E-state index contributed by atoms with van der Waals surface area (Å²) in [4.78, 5) is 4.31. The lowest BCUT2D eigenvalue weighted by molar-refractivity contribution is 0.0174. The van der Waals surface area contributed by atoms with E-state index in [0.717, 1.165) is 28.8 Å². The minimum Gasteiger partial charge on any atom is -0.306 e. The largest absolute Gasteiger partial charge is 0.306 e. The van der Waals surface area contributed by atoms with Crippen LogP contribution < -0.4 is 0 Å². The van der Waals surface area contributed by atoms with Crippen molar-refractivity contribution < 1.29 is 8.78 Å². The molecule has 0 saturated carbocycles. The van der Waals surface area contributed by atoms with Crippen LogP contribution in [0.1, 0.15) is 23.6 Å². The second kappa shape index (κ2) is 5.15. The molecular weight excluding hydrogens is 290 g/mol. The fourth-order valence-corrected chi connectivity index (χ4v) is 3.20. The van der Waals surface area contributed by atoms with E-state index < -0.39 is 5.92 Å². The minimum absolute atomic E-state index is 0.0316. The molecule has 0 unspecified atom stereocenters. The Morgan fingerprint density at radius 2 is 1.95 bits per heavy atom. The first kappa shape index (κ1) is 14.1. The van der Waals surface area contributed by atoms with Crippen LogP contribution in [-0.4, -0.2) is 9.29 Å². The van der Waals surface area contributed by atoms with Gasteiger partial charge in [-0.25, -0.2) is 13.8 Å². The van der Waals surface area contributed by atoms with E-state index in [2.05, 4.69) is 11.6 Å². The molecule has 0 N–H and O–H groups in total. The molecule has 0 amide bonds. The van der Waals surface area contributed by atoms with E-state index in [-0.39, 0.29) is 5.56 Å². The van der Waals surface area contributed by atoms with Crippen molar-refractivity contribution in [3.63, 3.8) is 0 Å². The predicted molar refractivity (Wildman–Crippen MR) is 80.7 cm³/mol. The Hall–Kier alpha value is -1.88. The van der Waals surface area contributed by atoms with Gasteiger partial charge in [-0.1, -0.05) is 30.8 Å². The van der Waals surface area contributed by atoms with Crippen LogP contribution in [0.4, 0.5) is 8.78 Å². The van der Waals surface area contributed by atoms with Gasteiger partial charge in [-0.05, 0) is 17.7 Å². The summed E-state index contributed by atoms with van der Waals surface area (Å²) in [6, 6.07) is 10.3. The van der Waals surface area contributed by atoms with Crippen LogP contribution in [0.3, 0.4) is 0 Å². The van der Waals surface area contributed by atoms with Gasteiger partial charge in [0, 0.05) is 36.2 Å². The third-order valence-electron chi connectivity index (χ3n) is 3.37. The van der Waals surface area contributed by atoms with Gasteiger partial charge in [-0.2, -0.15) is 0 Å². The van der Waals surface area contributed by atoms with E-state index in [1.54, 1.807) is 18.3 Å². The highest BCUT2D eigenvalue weighted by molar-refractivity contribution is 7.97. The van der Waals surface area contributed by atoms with Crippen LogP contribution in [0, 0.1) is 0 Å². The van der Waals surface area contributed by atoms with Crippen molar-refractivity contribution >= 4 is 17.6 Å². The number of benzene rings is 1. The molecule has 0 fully saturated rings. The van der Waals surface area contributed by atoms with E-state index in [9.17, 15) is 8.78 Å². The van der Waals surface area contributed by atoms with Gasteiger partial charge in [-0.15, -0.1) is 0 Å². The van der Waals surface area contributed by atoms with Gasteiger partial charge in [0.2, 0.25) is 0 Å². The number of hydrogen-bond acceptors (Lipinski definition) is 3. The molecule has 1 aliphatic heterocycles. The molecule has 0 spiro atoms. The summed E-state index contributed by atoms with van der Waals surface area (Å²) in [6.07, 6.45) is 1.75. The number of fused-ring (bicyclic) bond motifs is 1. The first-order valence-electron chi connectivity index (χ1n) is 6.52. The molecular formula is C16H14F2N2S. The topological polar surface area (TPSA) is 16.1 Å². The Morgan fingerprint density at radius 3 is 2.57 bits per heavy atom. The predicted octanol–water partition coefficient (Wildman–Crippen LogP) is 4.69. The lowest BCUT2D eigenvalue weighted by atomic mass is 10.1. The maximum absolute atomic E-state index is 13.2. The number of hydrogen-bond donors (Lipinski definition) is 0. The summed E-state index contributed by atoms with van der Waals surface area (Å²) < 4.78 is 28.4. The summed E-state index contributed by atoms with van der Waals surface area (Å²) in [5.74, 6) is -2.80. The molecule has 0 atom stereocenters. The molecule has 1 aromatic heterocycles. The summed E-state index contributed by atoms with van der Waals surface area (Å²) in [7, 11) is 0. The zero-order valence-electron chi connectivity index (χ0n) is 11.5. The van der Waals surface area contributed by atoms with Crippen LogP contribution in [0.25, 0.3) is 5.70 Å². The average Bonchev–Trinajstić information content (AvgIpc) is 2.76. The van der Waals surface area contributed by atoms with Gasteiger partial charge >= 0.3 is 0 Å². The smallest absolute Gasteiger partial charge is 0.270 e. The van der Waals surface area contributed by atoms with Crippen molar-refractivity contribution in [3.8, 4) is 0 Å². The average molecular weight is 304 g/mol. The first-order chi connectivity index (χ1) is 9.95. The molecule has 21 heavy (non-hydrogen) atoms. The van der Waals surface area contributed by atoms with Crippen molar-refractivity contribution in [1.82, 2.24) is 9.29 Å². The molecule has 3 rings (SSSR count). The molecule has 1 aromatic carbocycles. The van der Waals surface area contributed by atoms with E-state index in [1.165, 1.54) is 24.1 Å². The number of nitrogens with zero attached hydrogens (tertiary/aromatic N) is 2. The van der Waals surface area contributed by atoms with Crippen molar-refractivity contribution in [2.45, 2.75) is 24.4 Å². The third kappa shape index (κ3) is 2.78. The third-order valence-corrected chi connectivity index (χ3v) is 4.43. The normalized spacial score (nSPS) is 14.4. The van der Waals surface area contributed by atoms with E-state index in [4.69, 9.17) is 0 Å². The monoisotopic (exact) mass is 304 g/mol. The second-order valence-electron chi connectivity index (χ2n) is 5.02. The maximum Gasteiger partial charge on any atom is 0.270 e. The van der Waals surface area contributed by atoms with Crippen LogP contribution in [0.15, 0.2) is 54.2 Å². The van der Waals surface area contributed by atoms with Crippen LogP contribution in [0.5, 0.6) is 0 Å². The van der Waals surface area contributed by atoms with Gasteiger partial charge in [0.25, 0.3) is 5.92 Å². The highest BCUT2D eigenvalue weighted by Gasteiger charge is 2.26. The van der Waals surface area contributed by atoms with Gasteiger partial charge < -0.3 is 4.31 Å². The molecule has 2 nitrogen and oxygen atoms in total. The standard InChI is InChI=1S/C16H14F2N2S/c1-11-14-4-3-9-19-15(14)21-20(11)10-12-5-7-13(8-6-12)16(2,17)18/h3-9H,1,10H2,2H3. The molecule has 5 heteroatoms. The van der Waals surface area contributed by atoms with Crippen molar-refractivity contribution in [2.24, 2.45) is 0 Å². The summed E-state index contributed by atoms with van der Waals surface area (Å²) in [5, 5.41) is 0.930. The van der Waals surface area contributed by atoms with Gasteiger partial charge in [-0.3, -0.25) is 0 Å². The Kier molecular flexibility index (Phi) is 3.45. The fourth-order valence-electron chi connectivity index (χ4n) is 2.17. The fraction of sp³-hybridized carbons (Fsp3) is 0.188. The Morgan fingerprint density at radius 1 is 1.24 bits per heavy atom. The Balaban J connectivity index is 1.76. The van der Waals surface area contributed by atoms with Gasteiger partial charge in [0.05, 0.1) is 12.2 Å². The minimum atomic E-state index is -2.80. The zero-order valence-corrected chi connectivity index (χ0v) is 12.3. The zero-order chi connectivity index (χ0) is 15.0. The second-order valence-corrected chi connectivity index (χ2v) is 6.03. The molecule has 2 aromatic rings. The van der Waals surface area contributed by atoms with E-state index in [1.807, 2.05) is 16.4 Å². The first-order valence-corrected chi connectivity index (χ1v) is 7.29. The highest BCUT2D eigenvalue weighted by Crippen LogP contribution is 2.42. The van der Waals surface area contributed by atoms with Crippen molar-refractivity contribution in [1.29, 1.82) is 0 Å². The molecule has 2 heterocycles. The van der Waals surface area contributed by atoms with Crippen LogP contribution >= 0.6 is 11.9 Å². The SMILES string of the molecule is C=C1c2cccnc2SN1Cc1ccc(C(C)(F)F)cc1. The number of halogens is 2. The Labute approximate surface area is 126 Å². The molecule has 108 valence electrons. The molecule has 0 bridgehead atoms. The summed E-state index contributed by atoms with van der Waals surface area (Å²) in [6.45, 7) is 5.59. The Bertz CT molecular complexity index is 677. The van der Waals surface area contributed by atoms with Crippen LogP contribution in [0.2, 0.25) is 0 Å². The van der Waals surface area contributed by atoms with E-state index >= 15 is 0 Å². The molecule has 0 radical (unpaired) electrons. The molecule has 0 aliphatic carbocycles. The van der Waals surface area contributed by atoms with E-state index in [0.29, 0.717) is 6.54 Å². The lowest BCUT2D eigenvalue weighted by Gasteiger charge is -2.18.